The van der Waals surface area contributed by atoms with Gasteiger partial charge in [-0.25, -0.2) is 0 Å². The molecule has 2 aromatic carbocycles. The quantitative estimate of drug-likeness (QED) is 0.908. The molecule has 0 saturated carbocycles. The number of aryl methyl sites for hydroxylation is 3. The van der Waals surface area contributed by atoms with Gasteiger partial charge in [0.2, 0.25) is 0 Å². The van der Waals surface area contributed by atoms with Gasteiger partial charge in [-0.15, -0.1) is 0 Å². The van der Waals surface area contributed by atoms with Crippen LogP contribution in [-0.4, -0.2) is 14.2 Å². The topological polar surface area (TPSA) is 21.3 Å². The first-order chi connectivity index (χ1) is 9.56. The minimum absolute atomic E-state index is 0.184. The van der Waals surface area contributed by atoms with Crippen LogP contribution in [0.2, 0.25) is 0 Å². The van der Waals surface area contributed by atoms with Crippen LogP contribution in [0.15, 0.2) is 36.4 Å². The van der Waals surface area contributed by atoms with Gasteiger partial charge in [-0.3, -0.25) is 0 Å². The van der Waals surface area contributed by atoms with Crippen molar-refractivity contribution in [2.24, 2.45) is 0 Å². The van der Waals surface area contributed by atoms with E-state index in [0.29, 0.717) is 0 Å². The fraction of sp³-hybridized carbons (Fsp3) is 0.333. The molecule has 0 amide bonds. The fourth-order valence-electron chi connectivity index (χ4n) is 2.49. The molecule has 0 aliphatic rings. The van der Waals surface area contributed by atoms with Crippen LogP contribution >= 0.6 is 0 Å². The van der Waals surface area contributed by atoms with E-state index in [4.69, 9.17) is 4.74 Å². The number of ether oxygens (including phenoxy) is 1. The summed E-state index contributed by atoms with van der Waals surface area (Å²) < 4.78 is 5.43. The smallest absolute Gasteiger partial charge is 0.122 e. The molecule has 106 valence electrons. The summed E-state index contributed by atoms with van der Waals surface area (Å²) in [7, 11) is 3.71. The van der Waals surface area contributed by atoms with Crippen LogP contribution in [0.4, 0.5) is 0 Å². The molecule has 2 rings (SSSR count). The predicted molar refractivity (Wildman–Crippen MR) is 84.5 cm³/mol. The lowest BCUT2D eigenvalue weighted by Crippen LogP contribution is -2.18. The van der Waals surface area contributed by atoms with E-state index in [2.05, 4.69) is 62.5 Å². The Kier molecular flexibility index (Phi) is 4.46. The molecule has 0 saturated heterocycles. The maximum absolute atomic E-state index is 5.43. The lowest BCUT2D eigenvalue weighted by molar-refractivity contribution is 0.410. The number of nitrogens with one attached hydrogen (secondary N) is 1. The molecule has 0 fully saturated rings. The van der Waals surface area contributed by atoms with Gasteiger partial charge in [0.1, 0.15) is 5.75 Å². The lowest BCUT2D eigenvalue weighted by Gasteiger charge is -2.19. The van der Waals surface area contributed by atoms with Crippen LogP contribution in [0, 0.1) is 20.8 Å². The number of rotatable bonds is 4. The normalized spacial score (nSPS) is 12.2. The monoisotopic (exact) mass is 269 g/mol. The van der Waals surface area contributed by atoms with E-state index in [9.17, 15) is 0 Å². The first-order valence-corrected chi connectivity index (χ1v) is 6.95. The Morgan fingerprint density at radius 3 is 2.00 bits per heavy atom. The van der Waals surface area contributed by atoms with Gasteiger partial charge in [-0.2, -0.15) is 0 Å². The summed E-state index contributed by atoms with van der Waals surface area (Å²) in [6.07, 6.45) is 0. The van der Waals surface area contributed by atoms with Crippen molar-refractivity contribution in [3.8, 4) is 5.75 Å². The fourth-order valence-corrected chi connectivity index (χ4v) is 2.49. The van der Waals surface area contributed by atoms with Crippen molar-refractivity contribution in [3.63, 3.8) is 0 Å². The molecule has 0 bridgehead atoms. The highest BCUT2D eigenvalue weighted by Gasteiger charge is 2.14. The molecule has 2 heteroatoms. The summed E-state index contributed by atoms with van der Waals surface area (Å²) in [5.41, 5.74) is 6.30. The molecule has 1 unspecified atom stereocenters. The number of hydrogen-bond acceptors (Lipinski definition) is 2. The van der Waals surface area contributed by atoms with Crippen LogP contribution in [0.5, 0.6) is 5.75 Å². The molecular weight excluding hydrogens is 246 g/mol. The predicted octanol–water partition coefficient (Wildman–Crippen LogP) is 3.93. The highest BCUT2D eigenvalue weighted by atomic mass is 16.5. The van der Waals surface area contributed by atoms with Crippen LogP contribution in [0.3, 0.4) is 0 Å². The van der Waals surface area contributed by atoms with Crippen LogP contribution in [0.25, 0.3) is 0 Å². The first-order valence-electron chi connectivity index (χ1n) is 6.95. The largest absolute Gasteiger partial charge is 0.496 e. The molecule has 1 atom stereocenters. The van der Waals surface area contributed by atoms with Gasteiger partial charge in [-0.05, 0) is 61.7 Å². The Bertz CT molecular complexity index is 604. The summed E-state index contributed by atoms with van der Waals surface area (Å²) in [5, 5.41) is 3.40. The second-order valence-electron chi connectivity index (χ2n) is 5.29. The molecule has 2 nitrogen and oxygen atoms in total. The highest BCUT2D eigenvalue weighted by Crippen LogP contribution is 2.28. The van der Waals surface area contributed by atoms with Crippen LogP contribution < -0.4 is 10.1 Å². The SMILES string of the molecule is CNC(c1ccc(C)c(C)c1)c1ccc(C)c(OC)c1. The molecule has 1 N–H and O–H groups in total. The Morgan fingerprint density at radius 2 is 1.45 bits per heavy atom. The van der Waals surface area contributed by atoms with E-state index in [0.717, 1.165) is 11.3 Å². The average molecular weight is 269 g/mol. The second kappa shape index (κ2) is 6.10. The Balaban J connectivity index is 2.43. The third kappa shape index (κ3) is 2.86. The summed E-state index contributed by atoms with van der Waals surface area (Å²) in [6.45, 7) is 6.36. The summed E-state index contributed by atoms with van der Waals surface area (Å²) in [4.78, 5) is 0. The standard InChI is InChI=1S/C18H23NO/c1-12-6-8-15(10-14(12)3)18(19-4)16-9-7-13(2)17(11-16)20-5/h6-11,18-19H,1-5H3. The minimum Gasteiger partial charge on any atom is -0.496 e. The molecule has 0 aliphatic heterocycles. The molecular formula is C18H23NO. The highest BCUT2D eigenvalue weighted by molar-refractivity contribution is 5.42. The number of hydrogen-bond donors (Lipinski definition) is 1. The molecule has 0 spiro atoms. The minimum atomic E-state index is 0.184. The van der Waals surface area contributed by atoms with Gasteiger partial charge in [0, 0.05) is 0 Å². The van der Waals surface area contributed by atoms with Gasteiger partial charge in [0.25, 0.3) is 0 Å². The Hall–Kier alpha value is -1.80. The first kappa shape index (κ1) is 14.6. The zero-order valence-electron chi connectivity index (χ0n) is 12.9. The van der Waals surface area contributed by atoms with Crippen molar-refractivity contribution < 1.29 is 4.74 Å². The Morgan fingerprint density at radius 1 is 0.850 bits per heavy atom. The van der Waals surface area contributed by atoms with Crippen molar-refractivity contribution in [2.45, 2.75) is 26.8 Å². The maximum atomic E-state index is 5.43. The summed E-state index contributed by atoms with van der Waals surface area (Å²) >= 11 is 0. The maximum Gasteiger partial charge on any atom is 0.122 e. The molecule has 0 heterocycles. The van der Waals surface area contributed by atoms with Gasteiger partial charge >= 0.3 is 0 Å². The van der Waals surface area contributed by atoms with Gasteiger partial charge in [0.05, 0.1) is 13.2 Å². The average Bonchev–Trinajstić information content (AvgIpc) is 2.45. The van der Waals surface area contributed by atoms with Gasteiger partial charge in [0.15, 0.2) is 0 Å². The van der Waals surface area contributed by atoms with Crippen molar-refractivity contribution in [1.29, 1.82) is 0 Å². The zero-order chi connectivity index (χ0) is 14.7. The molecule has 0 aliphatic carbocycles. The molecule has 0 radical (unpaired) electrons. The molecule has 20 heavy (non-hydrogen) atoms. The molecule has 0 aromatic heterocycles. The van der Waals surface area contributed by atoms with E-state index in [1.165, 1.54) is 22.3 Å². The van der Waals surface area contributed by atoms with E-state index >= 15 is 0 Å². The van der Waals surface area contributed by atoms with Crippen molar-refractivity contribution in [1.82, 2.24) is 5.32 Å². The molecule has 2 aromatic rings. The van der Waals surface area contributed by atoms with Gasteiger partial charge in [-0.1, -0.05) is 30.3 Å². The van der Waals surface area contributed by atoms with Crippen molar-refractivity contribution in [2.75, 3.05) is 14.2 Å². The third-order valence-corrected chi connectivity index (χ3v) is 3.92. The lowest BCUT2D eigenvalue weighted by atomic mass is 9.95. The number of benzene rings is 2. The van der Waals surface area contributed by atoms with Gasteiger partial charge < -0.3 is 10.1 Å². The van der Waals surface area contributed by atoms with Crippen LogP contribution in [0.1, 0.15) is 33.9 Å². The van der Waals surface area contributed by atoms with E-state index in [1.54, 1.807) is 7.11 Å². The van der Waals surface area contributed by atoms with E-state index in [1.807, 2.05) is 7.05 Å². The van der Waals surface area contributed by atoms with E-state index in [-0.39, 0.29) is 6.04 Å². The van der Waals surface area contributed by atoms with Crippen LogP contribution in [-0.2, 0) is 0 Å². The summed E-state index contributed by atoms with van der Waals surface area (Å²) in [5.74, 6) is 0.937. The summed E-state index contributed by atoms with van der Waals surface area (Å²) in [6, 6.07) is 13.2. The number of methoxy groups -OCH3 is 1. The third-order valence-electron chi connectivity index (χ3n) is 3.92. The van der Waals surface area contributed by atoms with Crippen molar-refractivity contribution in [3.05, 3.63) is 64.2 Å². The van der Waals surface area contributed by atoms with Crippen molar-refractivity contribution >= 4 is 0 Å². The van der Waals surface area contributed by atoms with E-state index < -0.39 is 0 Å². The second-order valence-corrected chi connectivity index (χ2v) is 5.29. The zero-order valence-corrected chi connectivity index (χ0v) is 12.9. The Labute approximate surface area is 121 Å².